The Morgan fingerprint density at radius 1 is 1.18 bits per heavy atom. The van der Waals surface area contributed by atoms with Crippen molar-refractivity contribution in [2.75, 3.05) is 0 Å². The summed E-state index contributed by atoms with van der Waals surface area (Å²) in [6.45, 7) is 13.6. The molecule has 17 heavy (non-hydrogen) atoms. The second kappa shape index (κ2) is 4.00. The lowest BCUT2D eigenvalue weighted by Gasteiger charge is -2.38. The summed E-state index contributed by atoms with van der Waals surface area (Å²) in [6.07, 6.45) is 1.16. The van der Waals surface area contributed by atoms with Gasteiger partial charge in [0.1, 0.15) is 6.10 Å². The van der Waals surface area contributed by atoms with Crippen LogP contribution in [0.5, 0.6) is 0 Å². The molecule has 1 heterocycles. The van der Waals surface area contributed by atoms with Crippen LogP contribution in [0.4, 0.5) is 0 Å². The van der Waals surface area contributed by atoms with Crippen molar-refractivity contribution in [1.82, 2.24) is 0 Å². The molecule has 2 rings (SSSR count). The number of esters is 1. The van der Waals surface area contributed by atoms with Gasteiger partial charge >= 0.3 is 5.97 Å². The van der Waals surface area contributed by atoms with Crippen molar-refractivity contribution >= 4 is 5.97 Å². The van der Waals surface area contributed by atoms with Crippen LogP contribution in [0, 0.1) is 35.0 Å². The minimum absolute atomic E-state index is 0.0601. The molecule has 0 aromatic heterocycles. The number of rotatable bonds is 2. The molecule has 0 aromatic carbocycles. The van der Waals surface area contributed by atoms with Crippen LogP contribution in [-0.4, -0.2) is 12.1 Å². The Balaban J connectivity index is 2.32. The fraction of sp³-hybridized carbons (Fsp3) is 0.933. The summed E-state index contributed by atoms with van der Waals surface area (Å²) < 4.78 is 5.61. The van der Waals surface area contributed by atoms with Crippen molar-refractivity contribution in [2.45, 2.75) is 54.1 Å². The van der Waals surface area contributed by atoms with Crippen LogP contribution in [0.3, 0.4) is 0 Å². The van der Waals surface area contributed by atoms with Gasteiger partial charge in [-0.25, -0.2) is 0 Å². The molecular weight excluding hydrogens is 212 g/mol. The number of ether oxygens (including phenoxy) is 1. The predicted molar refractivity (Wildman–Crippen MR) is 68.4 cm³/mol. The third-order valence-corrected chi connectivity index (χ3v) is 5.13. The minimum atomic E-state index is 0.0601. The number of carbonyl (C=O) groups excluding carboxylic acids is 1. The minimum Gasteiger partial charge on any atom is -0.462 e. The van der Waals surface area contributed by atoms with Gasteiger partial charge in [0.05, 0.1) is 5.92 Å². The zero-order valence-electron chi connectivity index (χ0n) is 12.0. The van der Waals surface area contributed by atoms with Gasteiger partial charge in [-0.2, -0.15) is 0 Å². The third-order valence-electron chi connectivity index (χ3n) is 5.13. The highest BCUT2D eigenvalue weighted by molar-refractivity contribution is 5.76. The lowest BCUT2D eigenvalue weighted by molar-refractivity contribution is -0.146. The second-order valence-electron chi connectivity index (χ2n) is 7.19. The van der Waals surface area contributed by atoms with E-state index in [0.717, 1.165) is 6.42 Å². The smallest absolute Gasteiger partial charge is 0.309 e. The Morgan fingerprint density at radius 2 is 1.76 bits per heavy atom. The Bertz CT molecular complexity index is 317. The molecule has 2 heteroatoms. The fourth-order valence-electron chi connectivity index (χ4n) is 4.36. The van der Waals surface area contributed by atoms with E-state index in [9.17, 15) is 4.79 Å². The molecule has 98 valence electrons. The van der Waals surface area contributed by atoms with Crippen LogP contribution >= 0.6 is 0 Å². The standard InChI is InChI=1S/C15H26O2/c1-8(2)11-7-10-12(15(11,5)6)13(9(3)4)17-14(10)16/h8-13H,7H2,1-6H3. The number of fused-ring (bicyclic) bond motifs is 1. The van der Waals surface area contributed by atoms with E-state index < -0.39 is 0 Å². The van der Waals surface area contributed by atoms with Gasteiger partial charge in [0, 0.05) is 5.92 Å². The number of carbonyl (C=O) groups is 1. The quantitative estimate of drug-likeness (QED) is 0.688. The molecule has 0 amide bonds. The highest BCUT2D eigenvalue weighted by atomic mass is 16.6. The van der Waals surface area contributed by atoms with Gasteiger partial charge in [0.2, 0.25) is 0 Å². The molecule has 0 bridgehead atoms. The normalized spacial score (nSPS) is 39.9. The highest BCUT2D eigenvalue weighted by Crippen LogP contribution is 2.59. The fourth-order valence-corrected chi connectivity index (χ4v) is 4.36. The molecule has 1 aliphatic carbocycles. The summed E-state index contributed by atoms with van der Waals surface area (Å²) in [5.41, 5.74) is 0.222. The summed E-state index contributed by atoms with van der Waals surface area (Å²) in [6, 6.07) is 0. The van der Waals surface area contributed by atoms with Crippen LogP contribution < -0.4 is 0 Å². The Kier molecular flexibility index (Phi) is 3.04. The summed E-state index contributed by atoms with van der Waals surface area (Å²) in [5.74, 6) is 2.36. The molecule has 1 aliphatic heterocycles. The van der Waals surface area contributed by atoms with Gasteiger partial charge in [-0.1, -0.05) is 41.5 Å². The van der Waals surface area contributed by atoms with Crippen LogP contribution in [0.2, 0.25) is 0 Å². The lowest BCUT2D eigenvalue weighted by Crippen LogP contribution is -2.37. The molecule has 2 fully saturated rings. The van der Waals surface area contributed by atoms with Crippen LogP contribution in [0.1, 0.15) is 48.0 Å². The number of hydrogen-bond donors (Lipinski definition) is 0. The summed E-state index contributed by atoms with van der Waals surface area (Å²) >= 11 is 0. The Morgan fingerprint density at radius 3 is 2.24 bits per heavy atom. The van der Waals surface area contributed by atoms with E-state index in [1.807, 2.05) is 0 Å². The lowest BCUT2D eigenvalue weighted by atomic mass is 9.68. The SMILES string of the molecule is CC(C)C1OC(=O)C2CC(C(C)C)C(C)(C)C21. The maximum atomic E-state index is 12.0. The first-order chi connectivity index (χ1) is 7.76. The second-order valence-corrected chi connectivity index (χ2v) is 7.19. The maximum Gasteiger partial charge on any atom is 0.309 e. The van der Waals surface area contributed by atoms with Crippen LogP contribution in [-0.2, 0) is 9.53 Å². The molecule has 0 spiro atoms. The van der Waals surface area contributed by atoms with Crippen molar-refractivity contribution < 1.29 is 9.53 Å². The zero-order valence-corrected chi connectivity index (χ0v) is 12.0. The van der Waals surface area contributed by atoms with Gasteiger partial charge in [-0.05, 0) is 29.6 Å². The van der Waals surface area contributed by atoms with E-state index >= 15 is 0 Å². The summed E-state index contributed by atoms with van der Waals surface area (Å²) in [7, 11) is 0. The van der Waals surface area contributed by atoms with Crippen molar-refractivity contribution in [3.8, 4) is 0 Å². The van der Waals surface area contributed by atoms with E-state index in [4.69, 9.17) is 4.74 Å². The average Bonchev–Trinajstić information content (AvgIpc) is 2.64. The Hall–Kier alpha value is -0.530. The maximum absolute atomic E-state index is 12.0. The topological polar surface area (TPSA) is 26.3 Å². The van der Waals surface area contributed by atoms with E-state index in [1.54, 1.807) is 0 Å². The van der Waals surface area contributed by atoms with E-state index in [-0.39, 0.29) is 23.4 Å². The van der Waals surface area contributed by atoms with Crippen molar-refractivity contribution in [1.29, 1.82) is 0 Å². The van der Waals surface area contributed by atoms with E-state index in [2.05, 4.69) is 41.5 Å². The van der Waals surface area contributed by atoms with Crippen LogP contribution in [0.15, 0.2) is 0 Å². The number of cyclic esters (lactones) is 1. The van der Waals surface area contributed by atoms with Gasteiger partial charge in [0.25, 0.3) is 0 Å². The number of hydrogen-bond acceptors (Lipinski definition) is 2. The molecule has 4 atom stereocenters. The van der Waals surface area contributed by atoms with Crippen molar-refractivity contribution in [3.63, 3.8) is 0 Å². The van der Waals surface area contributed by atoms with Crippen molar-refractivity contribution in [3.05, 3.63) is 0 Å². The molecule has 1 saturated carbocycles. The first-order valence-electron chi connectivity index (χ1n) is 6.97. The molecule has 1 saturated heterocycles. The summed E-state index contributed by atoms with van der Waals surface area (Å²) in [5, 5.41) is 0. The van der Waals surface area contributed by atoms with E-state index in [0.29, 0.717) is 23.7 Å². The predicted octanol–water partition coefficient (Wildman–Crippen LogP) is 3.50. The first-order valence-corrected chi connectivity index (χ1v) is 6.97. The van der Waals surface area contributed by atoms with Gasteiger partial charge in [0.15, 0.2) is 0 Å². The Labute approximate surface area is 105 Å². The molecule has 0 radical (unpaired) electrons. The molecule has 0 aromatic rings. The molecular formula is C15H26O2. The van der Waals surface area contributed by atoms with Crippen molar-refractivity contribution in [2.24, 2.45) is 35.0 Å². The largest absolute Gasteiger partial charge is 0.462 e. The highest BCUT2D eigenvalue weighted by Gasteiger charge is 2.60. The average molecular weight is 238 g/mol. The van der Waals surface area contributed by atoms with Crippen LogP contribution in [0.25, 0.3) is 0 Å². The van der Waals surface area contributed by atoms with Gasteiger partial charge in [-0.15, -0.1) is 0 Å². The van der Waals surface area contributed by atoms with E-state index in [1.165, 1.54) is 0 Å². The van der Waals surface area contributed by atoms with Gasteiger partial charge in [-0.3, -0.25) is 4.79 Å². The molecule has 2 aliphatic rings. The summed E-state index contributed by atoms with van der Waals surface area (Å²) in [4.78, 5) is 12.0. The first kappa shape index (κ1) is 12.9. The monoisotopic (exact) mass is 238 g/mol. The van der Waals surface area contributed by atoms with Gasteiger partial charge < -0.3 is 4.74 Å². The molecule has 4 unspecified atom stereocenters. The molecule has 0 N–H and O–H groups in total. The zero-order chi connectivity index (χ0) is 13.0. The third kappa shape index (κ3) is 1.80. The molecule has 2 nitrogen and oxygen atoms in total.